The number of nitro groups is 1. The van der Waals surface area contributed by atoms with Gasteiger partial charge in [0.05, 0.1) is 10.5 Å². The lowest BCUT2D eigenvalue weighted by Gasteiger charge is -2.17. The molecule has 2 aromatic rings. The quantitative estimate of drug-likeness (QED) is 0.407. The normalized spacial score (nSPS) is 12.6. The van der Waals surface area contributed by atoms with Gasteiger partial charge in [-0.1, -0.05) is 24.3 Å². The Morgan fingerprint density at radius 2 is 1.43 bits per heavy atom. The molecular formula is C15H7NO5. The van der Waals surface area contributed by atoms with E-state index in [9.17, 15) is 24.5 Å². The number of ketones is 2. The largest absolute Gasteiger partial charge is 0.298 e. The highest BCUT2D eigenvalue weighted by atomic mass is 16.6. The van der Waals surface area contributed by atoms with Crippen molar-refractivity contribution in [2.24, 2.45) is 0 Å². The van der Waals surface area contributed by atoms with Gasteiger partial charge in [-0.25, -0.2) is 0 Å². The third-order valence-electron chi connectivity index (χ3n) is 3.40. The van der Waals surface area contributed by atoms with Crippen molar-refractivity contribution in [3.05, 3.63) is 74.3 Å². The summed E-state index contributed by atoms with van der Waals surface area (Å²) in [5.74, 6) is -0.876. The third-order valence-corrected chi connectivity index (χ3v) is 3.40. The fraction of sp³-hybridized carbons (Fsp3) is 0. The molecule has 0 fully saturated rings. The van der Waals surface area contributed by atoms with Gasteiger partial charge in [-0.05, 0) is 6.07 Å². The lowest BCUT2D eigenvalue weighted by atomic mass is 9.83. The minimum atomic E-state index is -0.748. The maximum Gasteiger partial charge on any atom is 0.280 e. The molecule has 21 heavy (non-hydrogen) atoms. The summed E-state index contributed by atoms with van der Waals surface area (Å²) >= 11 is 0. The van der Waals surface area contributed by atoms with Crippen LogP contribution in [-0.4, -0.2) is 22.8 Å². The first-order chi connectivity index (χ1) is 10.0. The van der Waals surface area contributed by atoms with Crippen LogP contribution in [0.15, 0.2) is 36.4 Å². The van der Waals surface area contributed by atoms with Crippen LogP contribution in [0.1, 0.15) is 42.2 Å². The average Bonchev–Trinajstić information content (AvgIpc) is 2.51. The van der Waals surface area contributed by atoms with Crippen molar-refractivity contribution in [2.45, 2.75) is 0 Å². The van der Waals surface area contributed by atoms with Crippen molar-refractivity contribution in [3.8, 4) is 0 Å². The summed E-state index contributed by atoms with van der Waals surface area (Å²) in [6.45, 7) is 0. The molecule has 0 heterocycles. The zero-order valence-corrected chi connectivity index (χ0v) is 10.5. The number of hydrogen-bond donors (Lipinski definition) is 0. The zero-order valence-electron chi connectivity index (χ0n) is 10.5. The van der Waals surface area contributed by atoms with Gasteiger partial charge in [0.25, 0.3) is 5.69 Å². The van der Waals surface area contributed by atoms with Gasteiger partial charge >= 0.3 is 0 Å². The smallest absolute Gasteiger partial charge is 0.280 e. The van der Waals surface area contributed by atoms with Crippen molar-refractivity contribution in [3.63, 3.8) is 0 Å². The van der Waals surface area contributed by atoms with Crippen LogP contribution in [0.2, 0.25) is 0 Å². The maximum absolute atomic E-state index is 12.4. The van der Waals surface area contributed by atoms with E-state index in [1.807, 2.05) is 0 Å². The standard InChI is InChI=1S/C15H7NO5/c17-7-8-5-11-12(6-13(8)16(20)21)15(19)10-4-2-1-3-9(10)14(11)18/h1-7H. The fourth-order valence-electron chi connectivity index (χ4n) is 2.40. The molecule has 1 aliphatic rings. The third kappa shape index (κ3) is 1.77. The average molecular weight is 281 g/mol. The first-order valence-electron chi connectivity index (χ1n) is 6.00. The van der Waals surface area contributed by atoms with E-state index in [0.29, 0.717) is 6.29 Å². The molecule has 0 bridgehead atoms. The van der Waals surface area contributed by atoms with Crippen LogP contribution in [-0.2, 0) is 0 Å². The Kier molecular flexibility index (Phi) is 2.72. The molecule has 0 radical (unpaired) electrons. The molecule has 0 unspecified atom stereocenters. The summed E-state index contributed by atoms with van der Waals surface area (Å²) in [7, 11) is 0. The summed E-state index contributed by atoms with van der Waals surface area (Å²) in [4.78, 5) is 45.9. The highest BCUT2D eigenvalue weighted by Crippen LogP contribution is 2.31. The van der Waals surface area contributed by atoms with Gasteiger partial charge in [-0.3, -0.25) is 24.5 Å². The predicted molar refractivity (Wildman–Crippen MR) is 71.8 cm³/mol. The lowest BCUT2D eigenvalue weighted by molar-refractivity contribution is -0.385. The van der Waals surface area contributed by atoms with Crippen molar-refractivity contribution in [1.29, 1.82) is 0 Å². The molecule has 0 atom stereocenters. The van der Waals surface area contributed by atoms with E-state index in [0.717, 1.165) is 12.1 Å². The Bertz CT molecular complexity index is 838. The SMILES string of the molecule is O=Cc1cc2c(cc1[N+](=O)[O-])C(=O)c1ccccc1C2=O. The van der Waals surface area contributed by atoms with Crippen LogP contribution >= 0.6 is 0 Å². The van der Waals surface area contributed by atoms with Gasteiger partial charge in [-0.2, -0.15) is 0 Å². The maximum atomic E-state index is 12.4. The number of benzene rings is 2. The van der Waals surface area contributed by atoms with Gasteiger partial charge < -0.3 is 0 Å². The number of nitro benzene ring substituents is 1. The predicted octanol–water partition coefficient (Wildman–Crippen LogP) is 2.18. The summed E-state index contributed by atoms with van der Waals surface area (Å²) < 4.78 is 0. The van der Waals surface area contributed by atoms with Crippen molar-refractivity contribution in [1.82, 2.24) is 0 Å². The molecule has 0 spiro atoms. The fourth-order valence-corrected chi connectivity index (χ4v) is 2.40. The van der Waals surface area contributed by atoms with Gasteiger partial charge in [0.2, 0.25) is 0 Å². The minimum Gasteiger partial charge on any atom is -0.298 e. The first-order valence-corrected chi connectivity index (χ1v) is 6.00. The second-order valence-electron chi connectivity index (χ2n) is 4.54. The van der Waals surface area contributed by atoms with E-state index < -0.39 is 22.2 Å². The van der Waals surface area contributed by atoms with Crippen LogP contribution in [0.3, 0.4) is 0 Å². The minimum absolute atomic E-state index is 0.0198. The van der Waals surface area contributed by atoms with Gasteiger partial charge in [0.15, 0.2) is 17.9 Å². The molecular weight excluding hydrogens is 274 g/mol. The van der Waals surface area contributed by atoms with E-state index in [1.165, 1.54) is 12.1 Å². The summed E-state index contributed by atoms with van der Waals surface area (Å²) in [5.41, 5.74) is -0.283. The molecule has 0 aromatic heterocycles. The van der Waals surface area contributed by atoms with Crippen LogP contribution in [0.4, 0.5) is 5.69 Å². The number of nitrogens with zero attached hydrogens (tertiary/aromatic N) is 1. The van der Waals surface area contributed by atoms with E-state index in [-0.39, 0.29) is 27.8 Å². The van der Waals surface area contributed by atoms with Crippen molar-refractivity contribution in [2.75, 3.05) is 0 Å². The zero-order chi connectivity index (χ0) is 15.1. The summed E-state index contributed by atoms with van der Waals surface area (Å²) in [6.07, 6.45) is 0.302. The Labute approximate surface area is 118 Å². The van der Waals surface area contributed by atoms with E-state index in [2.05, 4.69) is 0 Å². The molecule has 102 valence electrons. The van der Waals surface area contributed by atoms with E-state index in [1.54, 1.807) is 12.1 Å². The molecule has 0 saturated carbocycles. The number of carbonyl (C=O) groups is 3. The monoisotopic (exact) mass is 281 g/mol. The Hall–Kier alpha value is -3.15. The number of rotatable bonds is 2. The van der Waals surface area contributed by atoms with Crippen LogP contribution in [0.25, 0.3) is 0 Å². The Balaban J connectivity index is 2.33. The Morgan fingerprint density at radius 1 is 0.905 bits per heavy atom. The van der Waals surface area contributed by atoms with Crippen LogP contribution < -0.4 is 0 Å². The topological polar surface area (TPSA) is 94.3 Å². The molecule has 1 aliphatic carbocycles. The van der Waals surface area contributed by atoms with Crippen molar-refractivity contribution >= 4 is 23.5 Å². The van der Waals surface area contributed by atoms with Crippen LogP contribution in [0.5, 0.6) is 0 Å². The van der Waals surface area contributed by atoms with Gasteiger partial charge in [0.1, 0.15) is 0 Å². The van der Waals surface area contributed by atoms with E-state index >= 15 is 0 Å². The van der Waals surface area contributed by atoms with E-state index in [4.69, 9.17) is 0 Å². The second-order valence-corrected chi connectivity index (χ2v) is 4.54. The summed E-state index contributed by atoms with van der Waals surface area (Å²) in [6, 6.07) is 8.36. The number of fused-ring (bicyclic) bond motifs is 2. The highest BCUT2D eigenvalue weighted by molar-refractivity contribution is 6.28. The van der Waals surface area contributed by atoms with Crippen LogP contribution in [0, 0.1) is 10.1 Å². The number of hydrogen-bond acceptors (Lipinski definition) is 5. The lowest BCUT2D eigenvalue weighted by Crippen LogP contribution is -2.21. The first kappa shape index (κ1) is 12.9. The summed E-state index contributed by atoms with van der Waals surface area (Å²) in [5, 5.41) is 11.0. The molecule has 6 heteroatoms. The molecule has 0 N–H and O–H groups in total. The highest BCUT2D eigenvalue weighted by Gasteiger charge is 2.32. The molecule has 2 aromatic carbocycles. The molecule has 0 aliphatic heterocycles. The molecule has 3 rings (SSSR count). The molecule has 6 nitrogen and oxygen atoms in total. The van der Waals surface area contributed by atoms with Gasteiger partial charge in [0, 0.05) is 28.3 Å². The van der Waals surface area contributed by atoms with Gasteiger partial charge in [-0.15, -0.1) is 0 Å². The Morgan fingerprint density at radius 3 is 1.90 bits per heavy atom. The second kappa shape index (κ2) is 4.45. The van der Waals surface area contributed by atoms with Crippen molar-refractivity contribution < 1.29 is 19.3 Å². The molecule has 0 amide bonds. The number of aldehydes is 1. The number of carbonyl (C=O) groups excluding carboxylic acids is 3. The molecule has 0 saturated heterocycles.